The van der Waals surface area contributed by atoms with Gasteiger partial charge in [0.05, 0.1) is 6.54 Å². The van der Waals surface area contributed by atoms with Crippen molar-refractivity contribution in [2.24, 2.45) is 0 Å². The molecule has 0 bridgehead atoms. The summed E-state index contributed by atoms with van der Waals surface area (Å²) in [6, 6.07) is 3.93. The van der Waals surface area contributed by atoms with Gasteiger partial charge in [0.15, 0.2) is 0 Å². The Morgan fingerprint density at radius 1 is 1.28 bits per heavy atom. The Kier molecular flexibility index (Phi) is 6.11. The van der Waals surface area contributed by atoms with Gasteiger partial charge in [0.25, 0.3) is 0 Å². The Hall–Kier alpha value is -2.28. The number of nitrogens with one attached hydrogen (secondary N) is 1. The highest BCUT2D eigenvalue weighted by molar-refractivity contribution is 5.76. The Balaban J connectivity index is 1.46. The number of H-pyrrole nitrogens is 1. The zero-order chi connectivity index (χ0) is 17.5. The van der Waals surface area contributed by atoms with Crippen molar-refractivity contribution in [3.63, 3.8) is 0 Å². The molecule has 1 aliphatic rings. The van der Waals surface area contributed by atoms with Crippen molar-refractivity contribution in [2.45, 2.75) is 39.2 Å². The molecule has 2 aromatic rings. The number of amides is 1. The van der Waals surface area contributed by atoms with E-state index in [9.17, 15) is 4.79 Å². The van der Waals surface area contributed by atoms with E-state index in [1.807, 2.05) is 30.2 Å². The second-order valence-electron chi connectivity index (χ2n) is 6.42. The van der Waals surface area contributed by atoms with Gasteiger partial charge in [-0.25, -0.2) is 4.98 Å². The standard InChI is InChI=1S/C18H26N6O/c1-2-16-20-17(22-21-16)14-23-9-4-10-24(12-11-23)18(25)7-6-15-5-3-8-19-13-15/h3,5,8,13H,2,4,6-7,9-12,14H2,1H3,(H,20,21,22). The van der Waals surface area contributed by atoms with Crippen LogP contribution in [0.15, 0.2) is 24.5 Å². The minimum Gasteiger partial charge on any atom is -0.341 e. The lowest BCUT2D eigenvalue weighted by Crippen LogP contribution is -2.35. The molecule has 0 aromatic carbocycles. The lowest BCUT2D eigenvalue weighted by Gasteiger charge is -2.21. The van der Waals surface area contributed by atoms with Crippen molar-refractivity contribution in [3.8, 4) is 0 Å². The number of pyridine rings is 1. The molecular weight excluding hydrogens is 316 g/mol. The molecule has 3 rings (SSSR count). The van der Waals surface area contributed by atoms with E-state index in [1.165, 1.54) is 0 Å². The van der Waals surface area contributed by atoms with Gasteiger partial charge < -0.3 is 4.90 Å². The van der Waals surface area contributed by atoms with Crippen LogP contribution in [0.2, 0.25) is 0 Å². The van der Waals surface area contributed by atoms with E-state index in [4.69, 9.17) is 0 Å². The van der Waals surface area contributed by atoms with E-state index in [1.54, 1.807) is 6.20 Å². The number of hydrogen-bond donors (Lipinski definition) is 1. The molecule has 1 fully saturated rings. The van der Waals surface area contributed by atoms with Gasteiger partial charge in [-0.15, -0.1) is 0 Å². The number of aromatic nitrogens is 4. The molecule has 2 aromatic heterocycles. The van der Waals surface area contributed by atoms with Gasteiger partial charge in [-0.05, 0) is 24.5 Å². The number of rotatable bonds is 6. The number of nitrogens with zero attached hydrogens (tertiary/aromatic N) is 5. The summed E-state index contributed by atoms with van der Waals surface area (Å²) in [5.41, 5.74) is 1.12. The molecule has 0 spiro atoms. The van der Waals surface area contributed by atoms with E-state index in [-0.39, 0.29) is 5.91 Å². The van der Waals surface area contributed by atoms with E-state index < -0.39 is 0 Å². The average Bonchev–Trinajstić information content (AvgIpc) is 2.97. The molecule has 3 heterocycles. The Bertz CT molecular complexity index is 671. The van der Waals surface area contributed by atoms with Gasteiger partial charge >= 0.3 is 0 Å². The van der Waals surface area contributed by atoms with Gasteiger partial charge in [-0.3, -0.25) is 19.8 Å². The molecule has 1 aliphatic heterocycles. The van der Waals surface area contributed by atoms with Crippen LogP contribution < -0.4 is 0 Å². The molecule has 1 amide bonds. The minimum absolute atomic E-state index is 0.235. The van der Waals surface area contributed by atoms with Gasteiger partial charge in [-0.2, -0.15) is 5.10 Å². The van der Waals surface area contributed by atoms with E-state index in [2.05, 4.69) is 25.1 Å². The number of aromatic amines is 1. The van der Waals surface area contributed by atoms with Crippen LogP contribution in [0, 0.1) is 0 Å². The summed E-state index contributed by atoms with van der Waals surface area (Å²) >= 11 is 0. The van der Waals surface area contributed by atoms with Crippen LogP contribution in [0.1, 0.15) is 37.0 Å². The maximum Gasteiger partial charge on any atom is 0.222 e. The molecule has 0 unspecified atom stereocenters. The second kappa shape index (κ2) is 8.71. The third kappa shape index (κ3) is 5.09. The molecule has 7 nitrogen and oxygen atoms in total. The zero-order valence-electron chi connectivity index (χ0n) is 14.8. The van der Waals surface area contributed by atoms with Crippen molar-refractivity contribution in [2.75, 3.05) is 26.2 Å². The number of carbonyl (C=O) groups is 1. The highest BCUT2D eigenvalue weighted by Gasteiger charge is 2.19. The summed E-state index contributed by atoms with van der Waals surface area (Å²) in [7, 11) is 0. The predicted octanol–water partition coefficient (Wildman–Crippen LogP) is 1.43. The Labute approximate surface area is 148 Å². The first-order valence-corrected chi connectivity index (χ1v) is 9.04. The second-order valence-corrected chi connectivity index (χ2v) is 6.42. The first kappa shape index (κ1) is 17.5. The Morgan fingerprint density at radius 3 is 2.96 bits per heavy atom. The first-order chi connectivity index (χ1) is 12.2. The van der Waals surface area contributed by atoms with Gasteiger partial charge in [-0.1, -0.05) is 13.0 Å². The van der Waals surface area contributed by atoms with Crippen molar-refractivity contribution in [1.29, 1.82) is 0 Å². The van der Waals surface area contributed by atoms with E-state index >= 15 is 0 Å². The van der Waals surface area contributed by atoms with Crippen molar-refractivity contribution < 1.29 is 4.79 Å². The van der Waals surface area contributed by atoms with Gasteiger partial charge in [0.1, 0.15) is 11.6 Å². The molecule has 1 N–H and O–H groups in total. The highest BCUT2D eigenvalue weighted by atomic mass is 16.2. The van der Waals surface area contributed by atoms with Crippen LogP contribution in [-0.2, 0) is 24.2 Å². The molecule has 134 valence electrons. The lowest BCUT2D eigenvalue weighted by molar-refractivity contribution is -0.131. The fourth-order valence-electron chi connectivity index (χ4n) is 3.11. The van der Waals surface area contributed by atoms with Crippen LogP contribution in [0.5, 0.6) is 0 Å². The van der Waals surface area contributed by atoms with Crippen LogP contribution in [0.3, 0.4) is 0 Å². The van der Waals surface area contributed by atoms with E-state index in [0.717, 1.165) is 69.2 Å². The molecule has 0 aliphatic carbocycles. The van der Waals surface area contributed by atoms with Crippen LogP contribution in [-0.4, -0.2) is 62.1 Å². The molecule has 25 heavy (non-hydrogen) atoms. The molecule has 7 heteroatoms. The minimum atomic E-state index is 0.235. The average molecular weight is 342 g/mol. The third-order valence-electron chi connectivity index (χ3n) is 4.56. The third-order valence-corrected chi connectivity index (χ3v) is 4.56. The SMILES string of the molecule is CCc1n[nH]c(CN2CCCN(C(=O)CCc3cccnc3)CC2)n1. The largest absolute Gasteiger partial charge is 0.341 e. The van der Waals surface area contributed by atoms with Crippen LogP contribution in [0.25, 0.3) is 0 Å². The maximum absolute atomic E-state index is 12.5. The zero-order valence-corrected chi connectivity index (χ0v) is 14.8. The summed E-state index contributed by atoms with van der Waals surface area (Å²) in [5.74, 6) is 2.00. The lowest BCUT2D eigenvalue weighted by atomic mass is 10.1. The molecule has 1 saturated heterocycles. The van der Waals surface area contributed by atoms with Crippen molar-refractivity contribution >= 4 is 5.91 Å². The van der Waals surface area contributed by atoms with Crippen molar-refractivity contribution in [3.05, 3.63) is 41.7 Å². The summed E-state index contributed by atoms with van der Waals surface area (Å²) in [4.78, 5) is 25.4. The number of aryl methyl sites for hydroxylation is 2. The fraction of sp³-hybridized carbons (Fsp3) is 0.556. The number of hydrogen-bond acceptors (Lipinski definition) is 5. The normalized spacial score (nSPS) is 16.0. The number of carbonyl (C=O) groups excluding carboxylic acids is 1. The Morgan fingerprint density at radius 2 is 2.20 bits per heavy atom. The summed E-state index contributed by atoms with van der Waals surface area (Å²) in [5, 5.41) is 7.20. The smallest absolute Gasteiger partial charge is 0.222 e. The molecular formula is C18H26N6O. The first-order valence-electron chi connectivity index (χ1n) is 9.04. The van der Waals surface area contributed by atoms with Crippen LogP contribution in [0.4, 0.5) is 0 Å². The monoisotopic (exact) mass is 342 g/mol. The van der Waals surface area contributed by atoms with E-state index in [0.29, 0.717) is 6.42 Å². The topological polar surface area (TPSA) is 78.0 Å². The summed E-state index contributed by atoms with van der Waals surface area (Å²) < 4.78 is 0. The summed E-state index contributed by atoms with van der Waals surface area (Å²) in [6.07, 6.45) is 6.73. The van der Waals surface area contributed by atoms with Crippen LogP contribution >= 0.6 is 0 Å². The summed E-state index contributed by atoms with van der Waals surface area (Å²) in [6.45, 7) is 6.29. The highest BCUT2D eigenvalue weighted by Crippen LogP contribution is 2.09. The van der Waals surface area contributed by atoms with Gasteiger partial charge in [0, 0.05) is 51.4 Å². The predicted molar refractivity (Wildman–Crippen MR) is 94.8 cm³/mol. The molecule has 0 radical (unpaired) electrons. The van der Waals surface area contributed by atoms with Gasteiger partial charge in [0.2, 0.25) is 5.91 Å². The quantitative estimate of drug-likeness (QED) is 0.859. The molecule has 0 saturated carbocycles. The van der Waals surface area contributed by atoms with Crippen molar-refractivity contribution in [1.82, 2.24) is 30.0 Å². The fourth-order valence-corrected chi connectivity index (χ4v) is 3.11. The molecule has 0 atom stereocenters. The maximum atomic E-state index is 12.5.